The van der Waals surface area contributed by atoms with E-state index in [9.17, 15) is 0 Å². The number of hydrogen-bond acceptors (Lipinski definition) is 5. The van der Waals surface area contributed by atoms with Crippen LogP contribution in [0.4, 0.5) is 5.82 Å². The number of hydrogen-bond donors (Lipinski definition) is 2. The number of imidazole rings is 1. The molecule has 2 N–H and O–H groups in total. The summed E-state index contributed by atoms with van der Waals surface area (Å²) >= 11 is 1.79. The van der Waals surface area contributed by atoms with Crippen molar-refractivity contribution in [3.05, 3.63) is 34.5 Å². The van der Waals surface area contributed by atoms with Crippen molar-refractivity contribution in [1.29, 1.82) is 0 Å². The summed E-state index contributed by atoms with van der Waals surface area (Å²) in [5.74, 6) is 0.788. The molecular formula is C12H13N5S. The fourth-order valence-electron chi connectivity index (χ4n) is 1.84. The van der Waals surface area contributed by atoms with Crippen LogP contribution in [0.1, 0.15) is 22.7 Å². The van der Waals surface area contributed by atoms with Gasteiger partial charge < -0.3 is 10.3 Å². The second-order valence-corrected chi connectivity index (χ2v) is 5.46. The molecule has 5 nitrogen and oxygen atoms in total. The molecule has 3 heterocycles. The summed E-state index contributed by atoms with van der Waals surface area (Å²) in [6.45, 7) is 4.23. The molecule has 3 rings (SSSR count). The Morgan fingerprint density at radius 2 is 2.17 bits per heavy atom. The van der Waals surface area contributed by atoms with Gasteiger partial charge in [-0.15, -0.1) is 11.3 Å². The Hall–Kier alpha value is -1.95. The molecule has 0 aliphatic rings. The highest BCUT2D eigenvalue weighted by molar-refractivity contribution is 7.12. The van der Waals surface area contributed by atoms with E-state index in [1.165, 1.54) is 16.1 Å². The van der Waals surface area contributed by atoms with Crippen molar-refractivity contribution in [3.8, 4) is 0 Å². The molecule has 3 aromatic rings. The van der Waals surface area contributed by atoms with E-state index in [1.54, 1.807) is 17.7 Å². The van der Waals surface area contributed by atoms with Crippen LogP contribution >= 0.6 is 11.3 Å². The summed E-state index contributed by atoms with van der Waals surface area (Å²) in [6.07, 6.45) is 3.16. The van der Waals surface area contributed by atoms with Crippen LogP contribution in [0.2, 0.25) is 0 Å². The summed E-state index contributed by atoms with van der Waals surface area (Å²) < 4.78 is 0. The summed E-state index contributed by atoms with van der Waals surface area (Å²) in [6, 6.07) is 4.48. The molecule has 0 bridgehead atoms. The SMILES string of the molecule is Cc1ccc([C@@H](C)Nc2ncnc3nc[nH]c23)s1. The van der Waals surface area contributed by atoms with E-state index < -0.39 is 0 Å². The summed E-state index contributed by atoms with van der Waals surface area (Å²) in [7, 11) is 0. The number of anilines is 1. The number of rotatable bonds is 3. The lowest BCUT2D eigenvalue weighted by molar-refractivity contribution is 0.896. The van der Waals surface area contributed by atoms with Crippen LogP contribution < -0.4 is 5.32 Å². The average Bonchev–Trinajstić information content (AvgIpc) is 2.97. The standard InChI is InChI=1S/C12H13N5S/c1-7-3-4-9(18-7)8(2)17-12-10-11(14-5-13-10)15-6-16-12/h3-6,8H,1-2H3,(H2,13,14,15,16,17)/t8-/m1/s1. The third kappa shape index (κ3) is 1.95. The van der Waals surface area contributed by atoms with Gasteiger partial charge in [0.05, 0.1) is 12.4 Å². The zero-order valence-electron chi connectivity index (χ0n) is 10.1. The van der Waals surface area contributed by atoms with E-state index in [2.05, 4.69) is 51.2 Å². The molecule has 0 radical (unpaired) electrons. The topological polar surface area (TPSA) is 66.5 Å². The normalized spacial score (nSPS) is 12.8. The number of H-pyrrole nitrogens is 1. The van der Waals surface area contributed by atoms with Gasteiger partial charge in [0.1, 0.15) is 11.8 Å². The van der Waals surface area contributed by atoms with Gasteiger partial charge in [0.2, 0.25) is 0 Å². The largest absolute Gasteiger partial charge is 0.361 e. The zero-order valence-corrected chi connectivity index (χ0v) is 11.0. The first-order valence-electron chi connectivity index (χ1n) is 5.71. The first-order chi connectivity index (χ1) is 8.74. The minimum absolute atomic E-state index is 0.213. The van der Waals surface area contributed by atoms with Crippen molar-refractivity contribution < 1.29 is 0 Å². The molecule has 92 valence electrons. The van der Waals surface area contributed by atoms with E-state index in [-0.39, 0.29) is 6.04 Å². The zero-order chi connectivity index (χ0) is 12.5. The fourth-order valence-corrected chi connectivity index (χ4v) is 2.72. The molecule has 6 heteroatoms. The molecule has 0 unspecified atom stereocenters. The highest BCUT2D eigenvalue weighted by atomic mass is 32.1. The Bertz CT molecular complexity index is 672. The van der Waals surface area contributed by atoms with Gasteiger partial charge in [-0.25, -0.2) is 15.0 Å². The number of aromatic amines is 1. The number of aromatic nitrogens is 4. The van der Waals surface area contributed by atoms with Crippen molar-refractivity contribution >= 4 is 28.3 Å². The molecule has 0 aliphatic heterocycles. The Kier molecular flexibility index (Phi) is 2.71. The Labute approximate surface area is 108 Å². The van der Waals surface area contributed by atoms with E-state index in [0.29, 0.717) is 5.65 Å². The molecule has 0 spiro atoms. The smallest absolute Gasteiger partial charge is 0.182 e. The van der Waals surface area contributed by atoms with Gasteiger partial charge in [0.15, 0.2) is 11.5 Å². The van der Waals surface area contributed by atoms with Crippen LogP contribution in [0.5, 0.6) is 0 Å². The van der Waals surface area contributed by atoms with Crippen LogP contribution in [0.3, 0.4) is 0 Å². The first-order valence-corrected chi connectivity index (χ1v) is 6.52. The molecule has 0 saturated carbocycles. The molecular weight excluding hydrogens is 246 g/mol. The summed E-state index contributed by atoms with van der Waals surface area (Å²) in [5.41, 5.74) is 1.53. The van der Waals surface area contributed by atoms with E-state index in [1.807, 2.05) is 0 Å². The Morgan fingerprint density at radius 1 is 1.28 bits per heavy atom. The van der Waals surface area contributed by atoms with E-state index in [4.69, 9.17) is 0 Å². The number of thiophene rings is 1. The van der Waals surface area contributed by atoms with Gasteiger partial charge in [0, 0.05) is 9.75 Å². The second kappa shape index (κ2) is 4.38. The number of nitrogens with zero attached hydrogens (tertiary/aromatic N) is 3. The monoisotopic (exact) mass is 259 g/mol. The van der Waals surface area contributed by atoms with Crippen LogP contribution in [-0.2, 0) is 0 Å². The maximum absolute atomic E-state index is 4.26. The Balaban J connectivity index is 1.90. The van der Waals surface area contributed by atoms with Crippen LogP contribution in [0, 0.1) is 6.92 Å². The minimum atomic E-state index is 0.213. The molecule has 0 amide bonds. The quantitative estimate of drug-likeness (QED) is 0.759. The van der Waals surface area contributed by atoms with Gasteiger partial charge in [-0.2, -0.15) is 0 Å². The maximum atomic E-state index is 4.26. The van der Waals surface area contributed by atoms with Crippen LogP contribution in [-0.4, -0.2) is 19.9 Å². The van der Waals surface area contributed by atoms with Gasteiger partial charge >= 0.3 is 0 Å². The van der Waals surface area contributed by atoms with Gasteiger partial charge in [-0.3, -0.25) is 0 Å². The fraction of sp³-hybridized carbons (Fsp3) is 0.250. The number of nitrogens with one attached hydrogen (secondary N) is 2. The lowest BCUT2D eigenvalue weighted by atomic mass is 10.2. The van der Waals surface area contributed by atoms with Crippen LogP contribution in [0.15, 0.2) is 24.8 Å². The number of aryl methyl sites for hydroxylation is 1. The second-order valence-electron chi connectivity index (χ2n) is 4.14. The summed E-state index contributed by atoms with van der Waals surface area (Å²) in [4.78, 5) is 18.1. The Morgan fingerprint density at radius 3 is 2.94 bits per heavy atom. The van der Waals surface area contributed by atoms with Gasteiger partial charge in [0.25, 0.3) is 0 Å². The highest BCUT2D eigenvalue weighted by Gasteiger charge is 2.11. The molecule has 0 aliphatic carbocycles. The third-order valence-corrected chi connectivity index (χ3v) is 3.95. The minimum Gasteiger partial charge on any atom is -0.361 e. The number of fused-ring (bicyclic) bond motifs is 1. The van der Waals surface area contributed by atoms with Gasteiger partial charge in [-0.1, -0.05) is 0 Å². The van der Waals surface area contributed by atoms with Crippen molar-refractivity contribution in [2.24, 2.45) is 0 Å². The molecule has 1 atom stereocenters. The lowest BCUT2D eigenvalue weighted by Gasteiger charge is -2.12. The van der Waals surface area contributed by atoms with E-state index >= 15 is 0 Å². The first kappa shape index (κ1) is 11.2. The van der Waals surface area contributed by atoms with E-state index in [0.717, 1.165) is 11.3 Å². The highest BCUT2D eigenvalue weighted by Crippen LogP contribution is 2.26. The van der Waals surface area contributed by atoms with Crippen molar-refractivity contribution in [2.75, 3.05) is 5.32 Å². The lowest BCUT2D eigenvalue weighted by Crippen LogP contribution is -2.07. The molecule has 0 saturated heterocycles. The van der Waals surface area contributed by atoms with Crippen molar-refractivity contribution in [2.45, 2.75) is 19.9 Å². The predicted molar refractivity (Wildman–Crippen MR) is 72.8 cm³/mol. The molecule has 18 heavy (non-hydrogen) atoms. The predicted octanol–water partition coefficient (Wildman–Crippen LogP) is 2.90. The molecule has 3 aromatic heterocycles. The average molecular weight is 259 g/mol. The summed E-state index contributed by atoms with van der Waals surface area (Å²) in [5, 5.41) is 3.39. The van der Waals surface area contributed by atoms with Crippen molar-refractivity contribution in [1.82, 2.24) is 19.9 Å². The van der Waals surface area contributed by atoms with Gasteiger partial charge in [-0.05, 0) is 26.0 Å². The van der Waals surface area contributed by atoms with Crippen molar-refractivity contribution in [3.63, 3.8) is 0 Å². The van der Waals surface area contributed by atoms with Crippen LogP contribution in [0.25, 0.3) is 11.2 Å². The maximum Gasteiger partial charge on any atom is 0.182 e. The third-order valence-electron chi connectivity index (χ3n) is 2.76. The molecule has 0 aromatic carbocycles. The molecule has 0 fully saturated rings.